The van der Waals surface area contributed by atoms with Crippen LogP contribution in [-0.4, -0.2) is 26.6 Å². The Kier molecular flexibility index (Phi) is 4.95. The Morgan fingerprint density at radius 1 is 0.917 bits per heavy atom. The highest BCUT2D eigenvalue weighted by Gasteiger charge is 2.51. The zero-order valence-corrected chi connectivity index (χ0v) is 15.9. The highest BCUT2D eigenvalue weighted by molar-refractivity contribution is 6.99. The Morgan fingerprint density at radius 2 is 1.42 bits per heavy atom. The fraction of sp³-hybridized carbons (Fsp3) is 0.429. The van der Waals surface area contributed by atoms with Gasteiger partial charge in [0.25, 0.3) is 8.32 Å². The molecule has 1 N–H and O–H groups in total. The van der Waals surface area contributed by atoms with E-state index in [0.717, 1.165) is 13.0 Å². The van der Waals surface area contributed by atoms with E-state index in [1.807, 2.05) is 0 Å². The summed E-state index contributed by atoms with van der Waals surface area (Å²) < 4.78 is 6.85. The van der Waals surface area contributed by atoms with Gasteiger partial charge in [-0.25, -0.2) is 0 Å². The topological polar surface area (TPSA) is 29.5 Å². The van der Waals surface area contributed by atoms with Crippen molar-refractivity contribution in [3.05, 3.63) is 60.7 Å². The maximum absolute atomic E-state index is 9.36. The lowest BCUT2D eigenvalue weighted by Crippen LogP contribution is -2.66. The molecule has 0 heterocycles. The van der Waals surface area contributed by atoms with E-state index in [1.165, 1.54) is 10.4 Å². The smallest absolute Gasteiger partial charge is 0.261 e. The van der Waals surface area contributed by atoms with Crippen molar-refractivity contribution < 1.29 is 9.53 Å². The van der Waals surface area contributed by atoms with E-state index in [-0.39, 0.29) is 11.6 Å². The van der Waals surface area contributed by atoms with Crippen LogP contribution in [0.4, 0.5) is 0 Å². The van der Waals surface area contributed by atoms with E-state index in [1.54, 1.807) is 0 Å². The highest BCUT2D eigenvalue weighted by Crippen LogP contribution is 2.42. The zero-order valence-electron chi connectivity index (χ0n) is 14.9. The summed E-state index contributed by atoms with van der Waals surface area (Å²) in [6, 6.07) is 21.5. The SMILES string of the molecule is CC(C)(C)[Si](OC[C@H]1C[C@@H]1CO)(c1ccccc1)c1ccccc1. The molecule has 0 saturated heterocycles. The summed E-state index contributed by atoms with van der Waals surface area (Å²) in [6.45, 7) is 7.94. The lowest BCUT2D eigenvalue weighted by molar-refractivity contribution is 0.236. The van der Waals surface area contributed by atoms with Crippen LogP contribution in [0.5, 0.6) is 0 Å². The molecular formula is C21H28O2Si. The van der Waals surface area contributed by atoms with E-state index in [2.05, 4.69) is 81.4 Å². The van der Waals surface area contributed by atoms with Crippen molar-refractivity contribution in [2.24, 2.45) is 11.8 Å². The van der Waals surface area contributed by atoms with Crippen LogP contribution >= 0.6 is 0 Å². The normalized spacial score (nSPS) is 20.8. The quantitative estimate of drug-likeness (QED) is 0.819. The summed E-state index contributed by atoms with van der Waals surface area (Å²) in [5.41, 5.74) is 0. The van der Waals surface area contributed by atoms with Gasteiger partial charge in [-0.3, -0.25) is 0 Å². The second kappa shape index (κ2) is 6.83. The fourth-order valence-corrected chi connectivity index (χ4v) is 8.35. The van der Waals surface area contributed by atoms with E-state index >= 15 is 0 Å². The first-order chi connectivity index (χ1) is 11.5. The number of aliphatic hydroxyl groups excluding tert-OH is 1. The van der Waals surface area contributed by atoms with Crippen LogP contribution < -0.4 is 10.4 Å². The third kappa shape index (κ3) is 3.21. The third-order valence-corrected chi connectivity index (χ3v) is 10.2. The van der Waals surface area contributed by atoms with Crippen LogP contribution in [0.25, 0.3) is 0 Å². The van der Waals surface area contributed by atoms with Crippen LogP contribution in [0.1, 0.15) is 27.2 Å². The fourth-order valence-electron chi connectivity index (χ4n) is 3.73. The standard InChI is InChI=1S/C21H28O2Si/c1-21(2,3)24(19-10-6-4-7-11-19,20-12-8-5-9-13-20)23-16-18-14-17(18)15-22/h4-13,17-18,22H,14-16H2,1-3H3/t17-,18-/m1/s1. The molecule has 0 bridgehead atoms. The molecule has 1 saturated carbocycles. The number of benzene rings is 2. The molecule has 2 nitrogen and oxygen atoms in total. The van der Waals surface area contributed by atoms with Crippen LogP contribution in [0, 0.1) is 11.8 Å². The maximum Gasteiger partial charge on any atom is 0.261 e. The van der Waals surface area contributed by atoms with E-state index in [4.69, 9.17) is 4.43 Å². The molecule has 3 heteroatoms. The molecule has 0 aromatic heterocycles. The maximum atomic E-state index is 9.36. The summed E-state index contributed by atoms with van der Waals surface area (Å²) in [4.78, 5) is 0. The molecule has 0 amide bonds. The molecule has 128 valence electrons. The molecule has 3 rings (SSSR count). The summed E-state index contributed by atoms with van der Waals surface area (Å²) in [5.74, 6) is 0.944. The van der Waals surface area contributed by atoms with Crippen molar-refractivity contribution in [1.29, 1.82) is 0 Å². The summed E-state index contributed by atoms with van der Waals surface area (Å²) >= 11 is 0. The van der Waals surface area contributed by atoms with Crippen molar-refractivity contribution in [1.82, 2.24) is 0 Å². The van der Waals surface area contributed by atoms with E-state index in [9.17, 15) is 5.11 Å². The zero-order chi connectivity index (χ0) is 17.2. The first-order valence-electron chi connectivity index (χ1n) is 8.85. The lowest BCUT2D eigenvalue weighted by atomic mass is 10.2. The molecular weight excluding hydrogens is 312 g/mol. The van der Waals surface area contributed by atoms with Gasteiger partial charge in [0.1, 0.15) is 0 Å². The summed E-state index contributed by atoms with van der Waals surface area (Å²) in [6.07, 6.45) is 1.09. The van der Waals surface area contributed by atoms with Gasteiger partial charge >= 0.3 is 0 Å². The van der Waals surface area contributed by atoms with Gasteiger partial charge in [0.05, 0.1) is 0 Å². The molecule has 0 radical (unpaired) electrons. The minimum atomic E-state index is -2.40. The number of aliphatic hydroxyl groups is 1. The largest absolute Gasteiger partial charge is 0.407 e. The number of rotatable bonds is 6. The van der Waals surface area contributed by atoms with Crippen molar-refractivity contribution in [3.8, 4) is 0 Å². The minimum Gasteiger partial charge on any atom is -0.407 e. The molecule has 1 aliphatic rings. The average molecular weight is 341 g/mol. The molecule has 24 heavy (non-hydrogen) atoms. The van der Waals surface area contributed by atoms with Crippen molar-refractivity contribution in [2.45, 2.75) is 32.2 Å². The Hall–Kier alpha value is -1.42. The van der Waals surface area contributed by atoms with Gasteiger partial charge < -0.3 is 9.53 Å². The van der Waals surface area contributed by atoms with Gasteiger partial charge in [0.15, 0.2) is 0 Å². The molecule has 2 atom stereocenters. The van der Waals surface area contributed by atoms with Gasteiger partial charge in [-0.15, -0.1) is 0 Å². The molecule has 2 aromatic rings. The highest BCUT2D eigenvalue weighted by atomic mass is 28.4. The first kappa shape index (κ1) is 17.4. The molecule has 1 fully saturated rings. The Morgan fingerprint density at radius 3 is 1.79 bits per heavy atom. The lowest BCUT2D eigenvalue weighted by Gasteiger charge is -2.43. The molecule has 0 aliphatic heterocycles. The predicted octanol–water partition coefficient (Wildman–Crippen LogP) is 3.19. The molecule has 1 aliphatic carbocycles. The summed E-state index contributed by atoms with van der Waals surface area (Å²) in [5, 5.41) is 12.0. The Balaban J connectivity index is 2.04. The van der Waals surface area contributed by atoms with E-state index in [0.29, 0.717) is 11.8 Å². The van der Waals surface area contributed by atoms with Crippen LogP contribution in [0.15, 0.2) is 60.7 Å². The van der Waals surface area contributed by atoms with Crippen LogP contribution in [0.3, 0.4) is 0 Å². The Bertz CT molecular complexity index is 609. The number of hydrogen-bond donors (Lipinski definition) is 1. The molecule has 0 unspecified atom stereocenters. The van der Waals surface area contributed by atoms with Crippen molar-refractivity contribution in [2.75, 3.05) is 13.2 Å². The monoisotopic (exact) mass is 340 g/mol. The Labute approximate surface area is 146 Å². The predicted molar refractivity (Wildman–Crippen MR) is 102 cm³/mol. The number of hydrogen-bond acceptors (Lipinski definition) is 2. The van der Waals surface area contributed by atoms with Crippen molar-refractivity contribution in [3.63, 3.8) is 0 Å². The van der Waals surface area contributed by atoms with Crippen LogP contribution in [-0.2, 0) is 4.43 Å². The van der Waals surface area contributed by atoms with E-state index < -0.39 is 8.32 Å². The van der Waals surface area contributed by atoms with Crippen molar-refractivity contribution >= 4 is 18.7 Å². The van der Waals surface area contributed by atoms with Crippen LogP contribution in [0.2, 0.25) is 5.04 Å². The second-order valence-corrected chi connectivity index (χ2v) is 12.2. The second-order valence-electron chi connectivity index (χ2n) is 7.91. The first-order valence-corrected chi connectivity index (χ1v) is 10.8. The summed E-state index contributed by atoms with van der Waals surface area (Å²) in [7, 11) is -2.40. The van der Waals surface area contributed by atoms with Gasteiger partial charge in [0.2, 0.25) is 0 Å². The minimum absolute atomic E-state index is 0.0271. The molecule has 2 aromatic carbocycles. The van der Waals surface area contributed by atoms with Gasteiger partial charge in [-0.2, -0.15) is 0 Å². The average Bonchev–Trinajstić information content (AvgIpc) is 3.35. The van der Waals surface area contributed by atoms with Gasteiger partial charge in [-0.05, 0) is 33.7 Å². The van der Waals surface area contributed by atoms with Gasteiger partial charge in [0, 0.05) is 13.2 Å². The molecule has 0 spiro atoms. The van der Waals surface area contributed by atoms with Gasteiger partial charge in [-0.1, -0.05) is 81.4 Å². The third-order valence-electron chi connectivity index (χ3n) is 5.23.